The van der Waals surface area contributed by atoms with Gasteiger partial charge in [0.2, 0.25) is 0 Å². The number of aryl methyl sites for hydroxylation is 2. The van der Waals surface area contributed by atoms with Gasteiger partial charge in [0.1, 0.15) is 0 Å². The zero-order valence-electron chi connectivity index (χ0n) is 13.9. The number of hydrogen-bond acceptors (Lipinski definition) is 2. The lowest BCUT2D eigenvalue weighted by Gasteiger charge is -2.05. The Kier molecular flexibility index (Phi) is 3.62. The topological polar surface area (TPSA) is 30.7 Å². The van der Waals surface area contributed by atoms with Gasteiger partial charge in [-0.25, -0.2) is 9.67 Å². The number of pyridine rings is 1. The summed E-state index contributed by atoms with van der Waals surface area (Å²) in [5.41, 5.74) is 5.64. The van der Waals surface area contributed by atoms with Crippen LogP contribution in [0.5, 0.6) is 0 Å². The van der Waals surface area contributed by atoms with Crippen LogP contribution in [0.4, 0.5) is 0 Å². The first-order valence-corrected chi connectivity index (χ1v) is 8.26. The number of benzene rings is 2. The van der Waals surface area contributed by atoms with Gasteiger partial charge in [-0.05, 0) is 49.2 Å². The molecule has 120 valence electrons. The van der Waals surface area contributed by atoms with Crippen molar-refractivity contribution >= 4 is 10.9 Å². The average Bonchev–Trinajstić information content (AvgIpc) is 3.11. The Labute approximate surface area is 143 Å². The van der Waals surface area contributed by atoms with E-state index in [-0.39, 0.29) is 1.43 Å². The molecule has 0 N–H and O–H groups in total. The van der Waals surface area contributed by atoms with Crippen molar-refractivity contribution in [2.24, 2.45) is 0 Å². The van der Waals surface area contributed by atoms with E-state index in [0.29, 0.717) is 0 Å². The quantitative estimate of drug-likeness (QED) is 0.520. The number of aromatic nitrogens is 3. The second kappa shape index (κ2) is 5.93. The molecule has 3 nitrogen and oxygen atoms in total. The van der Waals surface area contributed by atoms with E-state index in [9.17, 15) is 0 Å². The lowest BCUT2D eigenvalue weighted by atomic mass is 10.1. The summed E-state index contributed by atoms with van der Waals surface area (Å²) in [5.74, 6) is 0.842. The number of nitrogens with zero attached hydrogens (tertiary/aromatic N) is 3. The molecule has 0 spiro atoms. The normalized spacial score (nSPS) is 11.1. The van der Waals surface area contributed by atoms with E-state index < -0.39 is 0 Å². The van der Waals surface area contributed by atoms with Crippen LogP contribution in [-0.4, -0.2) is 14.8 Å². The Morgan fingerprint density at radius 2 is 1.88 bits per heavy atom. The Hall–Kier alpha value is -2.94. The first-order valence-electron chi connectivity index (χ1n) is 8.26. The van der Waals surface area contributed by atoms with Crippen molar-refractivity contribution in [1.29, 1.82) is 0 Å². The van der Waals surface area contributed by atoms with Crippen LogP contribution >= 0.6 is 0 Å². The molecule has 0 amide bonds. The molecule has 4 rings (SSSR count). The average molecular weight is 315 g/mol. The summed E-state index contributed by atoms with van der Waals surface area (Å²) >= 11 is 0. The molecule has 0 unspecified atom stereocenters. The van der Waals surface area contributed by atoms with Crippen LogP contribution < -0.4 is 0 Å². The predicted octanol–water partition coefficient (Wildman–Crippen LogP) is 5.20. The second-order valence-electron chi connectivity index (χ2n) is 6.07. The van der Waals surface area contributed by atoms with Crippen molar-refractivity contribution in [3.8, 4) is 17.1 Å². The van der Waals surface area contributed by atoms with Gasteiger partial charge in [-0.2, -0.15) is 5.10 Å². The van der Waals surface area contributed by atoms with Gasteiger partial charge in [0, 0.05) is 18.6 Å². The lowest BCUT2D eigenvalue weighted by molar-refractivity contribution is 0.856. The van der Waals surface area contributed by atoms with Gasteiger partial charge in [-0.15, -0.1) is 0 Å². The molecule has 0 atom stereocenters. The molecular weight excluding hydrogens is 294 g/mol. The molecule has 0 aliphatic rings. The number of rotatable bonds is 3. The van der Waals surface area contributed by atoms with E-state index in [4.69, 9.17) is 10.1 Å². The van der Waals surface area contributed by atoms with Crippen molar-refractivity contribution in [2.45, 2.75) is 20.3 Å². The van der Waals surface area contributed by atoms with E-state index in [1.165, 1.54) is 11.1 Å². The maximum atomic E-state index is 4.78. The van der Waals surface area contributed by atoms with Crippen LogP contribution in [0.15, 0.2) is 66.9 Å². The summed E-state index contributed by atoms with van der Waals surface area (Å²) < 4.78 is 1.84. The Morgan fingerprint density at radius 3 is 2.71 bits per heavy atom. The Bertz CT molecular complexity index is 1020. The van der Waals surface area contributed by atoms with Gasteiger partial charge in [-0.1, -0.05) is 42.8 Å². The molecule has 2 heterocycles. The zero-order valence-corrected chi connectivity index (χ0v) is 13.9. The first-order chi connectivity index (χ1) is 11.7. The Morgan fingerprint density at radius 1 is 1.00 bits per heavy atom. The summed E-state index contributed by atoms with van der Waals surface area (Å²) in [6, 6.07) is 21.0. The number of hydrogen-bond donors (Lipinski definition) is 0. The molecule has 0 fully saturated rings. The summed E-state index contributed by atoms with van der Waals surface area (Å²) in [6.45, 7) is 4.25. The van der Waals surface area contributed by atoms with E-state index in [2.05, 4.69) is 62.4 Å². The third kappa shape index (κ3) is 2.69. The second-order valence-corrected chi connectivity index (χ2v) is 6.07. The fraction of sp³-hybridized carbons (Fsp3) is 0.143. The van der Waals surface area contributed by atoms with E-state index in [0.717, 1.165) is 34.4 Å². The highest BCUT2D eigenvalue weighted by molar-refractivity contribution is 5.80. The molecule has 0 saturated carbocycles. The zero-order chi connectivity index (χ0) is 16.5. The molecule has 24 heavy (non-hydrogen) atoms. The van der Waals surface area contributed by atoms with Crippen LogP contribution in [0, 0.1) is 6.92 Å². The standard InChI is InChI=1S/C21H19N3.H2/c1-3-16-7-8-17-9-10-21(22-20(17)14-16)24-12-11-19(23-24)18-6-4-5-15(2)13-18;/h4-14H,3H2,1-2H3;1H. The van der Waals surface area contributed by atoms with Gasteiger partial charge < -0.3 is 0 Å². The van der Waals surface area contributed by atoms with Gasteiger partial charge in [-0.3, -0.25) is 0 Å². The smallest absolute Gasteiger partial charge is 0.154 e. The fourth-order valence-electron chi connectivity index (χ4n) is 2.91. The lowest BCUT2D eigenvalue weighted by Crippen LogP contribution is -1.98. The highest BCUT2D eigenvalue weighted by Crippen LogP contribution is 2.21. The predicted molar refractivity (Wildman–Crippen MR) is 101 cm³/mol. The molecule has 3 heteroatoms. The van der Waals surface area contributed by atoms with Crippen LogP contribution in [0.1, 0.15) is 19.5 Å². The van der Waals surface area contributed by atoms with Crippen LogP contribution in [0.2, 0.25) is 0 Å². The van der Waals surface area contributed by atoms with Crippen molar-refractivity contribution in [3.63, 3.8) is 0 Å². The molecule has 0 aliphatic carbocycles. The van der Waals surface area contributed by atoms with Gasteiger partial charge in [0.05, 0.1) is 11.2 Å². The minimum atomic E-state index is 0. The highest BCUT2D eigenvalue weighted by Gasteiger charge is 2.06. The summed E-state index contributed by atoms with van der Waals surface area (Å²) in [6.07, 6.45) is 2.98. The van der Waals surface area contributed by atoms with Crippen molar-refractivity contribution in [3.05, 3.63) is 78.0 Å². The SMILES string of the molecule is CCc1ccc2ccc(-n3ccc(-c4cccc(C)c4)n3)nc2c1.[HH]. The Balaban J connectivity index is 0.00000182. The van der Waals surface area contributed by atoms with E-state index in [1.807, 2.05) is 23.0 Å². The van der Waals surface area contributed by atoms with Gasteiger partial charge in [0.15, 0.2) is 5.82 Å². The fourth-order valence-corrected chi connectivity index (χ4v) is 2.91. The monoisotopic (exact) mass is 315 g/mol. The number of fused-ring (bicyclic) bond motifs is 1. The third-order valence-electron chi connectivity index (χ3n) is 4.29. The van der Waals surface area contributed by atoms with Gasteiger partial charge in [0.25, 0.3) is 0 Å². The summed E-state index contributed by atoms with van der Waals surface area (Å²) in [5, 5.41) is 5.85. The maximum absolute atomic E-state index is 4.78. The summed E-state index contributed by atoms with van der Waals surface area (Å²) in [4.78, 5) is 4.78. The van der Waals surface area contributed by atoms with Crippen molar-refractivity contribution in [2.75, 3.05) is 0 Å². The molecule has 2 aromatic heterocycles. The molecular formula is C21H21N3. The first kappa shape index (κ1) is 14.6. The molecule has 2 aromatic carbocycles. The van der Waals surface area contributed by atoms with E-state index in [1.54, 1.807) is 0 Å². The highest BCUT2D eigenvalue weighted by atomic mass is 15.3. The molecule has 0 radical (unpaired) electrons. The summed E-state index contributed by atoms with van der Waals surface area (Å²) in [7, 11) is 0. The van der Waals surface area contributed by atoms with Gasteiger partial charge >= 0.3 is 0 Å². The molecule has 4 aromatic rings. The largest absolute Gasteiger partial charge is 0.229 e. The molecule has 0 aliphatic heterocycles. The van der Waals surface area contributed by atoms with E-state index >= 15 is 0 Å². The molecule has 0 saturated heterocycles. The minimum absolute atomic E-state index is 0. The van der Waals surface area contributed by atoms with Crippen LogP contribution in [-0.2, 0) is 6.42 Å². The van der Waals surface area contributed by atoms with Crippen molar-refractivity contribution < 1.29 is 1.43 Å². The van der Waals surface area contributed by atoms with Crippen molar-refractivity contribution in [1.82, 2.24) is 14.8 Å². The maximum Gasteiger partial charge on any atom is 0.154 e. The third-order valence-corrected chi connectivity index (χ3v) is 4.29. The van der Waals surface area contributed by atoms with Crippen LogP contribution in [0.3, 0.4) is 0 Å². The van der Waals surface area contributed by atoms with Crippen LogP contribution in [0.25, 0.3) is 28.0 Å². The minimum Gasteiger partial charge on any atom is -0.229 e. The molecule has 0 bridgehead atoms.